The molecule has 0 aliphatic heterocycles. The van der Waals surface area contributed by atoms with E-state index in [-0.39, 0.29) is 5.60 Å². The SMILES string of the molecule is CCCOCC(NC)C1(OC)CCCC1. The van der Waals surface area contributed by atoms with Crippen molar-refractivity contribution in [1.82, 2.24) is 5.32 Å². The minimum atomic E-state index is 0.0164. The summed E-state index contributed by atoms with van der Waals surface area (Å²) in [5.41, 5.74) is 0.0164. The molecule has 0 heterocycles. The zero-order chi connectivity index (χ0) is 11.1. The van der Waals surface area contributed by atoms with Crippen LogP contribution >= 0.6 is 0 Å². The molecule has 1 saturated carbocycles. The van der Waals surface area contributed by atoms with Gasteiger partial charge in [0.2, 0.25) is 0 Å². The van der Waals surface area contributed by atoms with Gasteiger partial charge in [-0.3, -0.25) is 0 Å². The summed E-state index contributed by atoms with van der Waals surface area (Å²) in [7, 11) is 3.83. The molecule has 1 unspecified atom stereocenters. The van der Waals surface area contributed by atoms with Crippen LogP contribution in [0.5, 0.6) is 0 Å². The molecular weight excluding hydrogens is 190 g/mol. The van der Waals surface area contributed by atoms with Crippen molar-refractivity contribution in [3.05, 3.63) is 0 Å². The Morgan fingerprint density at radius 2 is 2.00 bits per heavy atom. The van der Waals surface area contributed by atoms with E-state index >= 15 is 0 Å². The van der Waals surface area contributed by atoms with Crippen LogP contribution in [0.3, 0.4) is 0 Å². The second-order valence-corrected chi connectivity index (χ2v) is 4.39. The average Bonchev–Trinajstić information content (AvgIpc) is 2.74. The summed E-state index contributed by atoms with van der Waals surface area (Å²) in [6, 6.07) is 0.330. The highest BCUT2D eigenvalue weighted by atomic mass is 16.5. The van der Waals surface area contributed by atoms with Crippen LogP contribution in [0.25, 0.3) is 0 Å². The van der Waals surface area contributed by atoms with E-state index in [1.165, 1.54) is 12.8 Å². The van der Waals surface area contributed by atoms with Crippen molar-refractivity contribution in [2.45, 2.75) is 50.7 Å². The molecule has 90 valence electrons. The fraction of sp³-hybridized carbons (Fsp3) is 1.00. The van der Waals surface area contributed by atoms with Gasteiger partial charge in [0.1, 0.15) is 0 Å². The molecule has 0 radical (unpaired) electrons. The molecule has 3 heteroatoms. The summed E-state index contributed by atoms with van der Waals surface area (Å²) in [6.45, 7) is 3.74. The van der Waals surface area contributed by atoms with E-state index in [0.29, 0.717) is 6.04 Å². The van der Waals surface area contributed by atoms with Crippen LogP contribution in [-0.2, 0) is 9.47 Å². The fourth-order valence-corrected chi connectivity index (χ4v) is 2.51. The van der Waals surface area contributed by atoms with Gasteiger partial charge in [-0.2, -0.15) is 0 Å². The van der Waals surface area contributed by atoms with E-state index in [4.69, 9.17) is 9.47 Å². The third-order valence-corrected chi connectivity index (χ3v) is 3.47. The maximum Gasteiger partial charge on any atom is 0.0853 e. The smallest absolute Gasteiger partial charge is 0.0853 e. The molecule has 1 aliphatic rings. The van der Waals surface area contributed by atoms with Crippen LogP contribution in [0, 0.1) is 0 Å². The Kier molecular flexibility index (Phi) is 5.58. The lowest BCUT2D eigenvalue weighted by Crippen LogP contribution is -2.51. The van der Waals surface area contributed by atoms with Gasteiger partial charge in [0.05, 0.1) is 18.2 Å². The van der Waals surface area contributed by atoms with Crippen molar-refractivity contribution < 1.29 is 9.47 Å². The number of hydrogen-bond acceptors (Lipinski definition) is 3. The van der Waals surface area contributed by atoms with Crippen molar-refractivity contribution in [1.29, 1.82) is 0 Å². The minimum Gasteiger partial charge on any atom is -0.380 e. The molecule has 15 heavy (non-hydrogen) atoms. The lowest BCUT2D eigenvalue weighted by Gasteiger charge is -2.36. The van der Waals surface area contributed by atoms with Crippen LogP contribution in [0.2, 0.25) is 0 Å². The van der Waals surface area contributed by atoms with Crippen LogP contribution in [-0.4, -0.2) is 39.0 Å². The summed E-state index contributed by atoms with van der Waals surface area (Å²) < 4.78 is 11.4. The summed E-state index contributed by atoms with van der Waals surface area (Å²) in [5, 5.41) is 3.34. The first kappa shape index (κ1) is 12.9. The summed E-state index contributed by atoms with van der Waals surface area (Å²) in [6.07, 6.45) is 5.95. The molecule has 1 rings (SSSR count). The first-order valence-electron chi connectivity index (χ1n) is 6.09. The van der Waals surface area contributed by atoms with Crippen LogP contribution < -0.4 is 5.32 Å². The number of ether oxygens (including phenoxy) is 2. The second-order valence-electron chi connectivity index (χ2n) is 4.39. The van der Waals surface area contributed by atoms with Gasteiger partial charge in [-0.05, 0) is 26.3 Å². The minimum absolute atomic E-state index is 0.0164. The van der Waals surface area contributed by atoms with Gasteiger partial charge < -0.3 is 14.8 Å². The van der Waals surface area contributed by atoms with Gasteiger partial charge in [-0.1, -0.05) is 19.8 Å². The Morgan fingerprint density at radius 3 is 2.47 bits per heavy atom. The first-order chi connectivity index (χ1) is 7.29. The molecular formula is C12H25NO2. The molecule has 0 aromatic rings. The molecule has 1 aliphatic carbocycles. The van der Waals surface area contributed by atoms with Crippen LogP contribution in [0.1, 0.15) is 39.0 Å². The third-order valence-electron chi connectivity index (χ3n) is 3.47. The van der Waals surface area contributed by atoms with E-state index in [1.807, 2.05) is 14.2 Å². The normalized spacial score (nSPS) is 21.8. The zero-order valence-corrected chi connectivity index (χ0v) is 10.3. The lowest BCUT2D eigenvalue weighted by molar-refractivity contribution is -0.0576. The monoisotopic (exact) mass is 215 g/mol. The number of likely N-dealkylation sites (N-methyl/N-ethyl adjacent to an activating group) is 1. The Morgan fingerprint density at radius 1 is 1.33 bits per heavy atom. The highest BCUT2D eigenvalue weighted by molar-refractivity contribution is 4.96. The van der Waals surface area contributed by atoms with Crippen molar-refractivity contribution in [3.63, 3.8) is 0 Å². The van der Waals surface area contributed by atoms with Crippen molar-refractivity contribution in [3.8, 4) is 0 Å². The molecule has 1 N–H and O–H groups in total. The van der Waals surface area contributed by atoms with Gasteiger partial charge in [-0.25, -0.2) is 0 Å². The van der Waals surface area contributed by atoms with E-state index < -0.39 is 0 Å². The third kappa shape index (κ3) is 3.16. The topological polar surface area (TPSA) is 30.5 Å². The predicted molar refractivity (Wildman–Crippen MR) is 62.2 cm³/mol. The standard InChI is InChI=1S/C12H25NO2/c1-4-9-15-10-11(13-2)12(14-3)7-5-6-8-12/h11,13H,4-10H2,1-3H3. The molecule has 0 aromatic heterocycles. The number of methoxy groups -OCH3 is 1. The van der Waals surface area contributed by atoms with E-state index in [0.717, 1.165) is 32.5 Å². The lowest BCUT2D eigenvalue weighted by atomic mass is 9.92. The first-order valence-corrected chi connectivity index (χ1v) is 6.09. The largest absolute Gasteiger partial charge is 0.380 e. The molecule has 0 saturated heterocycles. The second kappa shape index (κ2) is 6.46. The molecule has 1 atom stereocenters. The summed E-state index contributed by atoms with van der Waals surface area (Å²) in [4.78, 5) is 0. The molecule has 3 nitrogen and oxygen atoms in total. The number of nitrogens with one attached hydrogen (secondary N) is 1. The van der Waals surface area contributed by atoms with Crippen molar-refractivity contribution in [2.24, 2.45) is 0 Å². The van der Waals surface area contributed by atoms with Crippen LogP contribution in [0.15, 0.2) is 0 Å². The summed E-state index contributed by atoms with van der Waals surface area (Å²) in [5.74, 6) is 0. The maximum absolute atomic E-state index is 5.74. The molecule has 1 fully saturated rings. The van der Waals surface area contributed by atoms with E-state index in [2.05, 4.69) is 12.2 Å². The number of rotatable bonds is 7. The Bertz CT molecular complexity index is 167. The van der Waals surface area contributed by atoms with E-state index in [9.17, 15) is 0 Å². The highest BCUT2D eigenvalue weighted by Crippen LogP contribution is 2.35. The summed E-state index contributed by atoms with van der Waals surface area (Å²) >= 11 is 0. The predicted octanol–water partition coefficient (Wildman–Crippen LogP) is 1.96. The highest BCUT2D eigenvalue weighted by Gasteiger charge is 2.40. The Balaban J connectivity index is 2.46. The van der Waals surface area contributed by atoms with Gasteiger partial charge in [0.25, 0.3) is 0 Å². The van der Waals surface area contributed by atoms with Gasteiger partial charge in [0.15, 0.2) is 0 Å². The molecule has 0 spiro atoms. The molecule has 0 aromatic carbocycles. The van der Waals surface area contributed by atoms with Gasteiger partial charge >= 0.3 is 0 Å². The van der Waals surface area contributed by atoms with Gasteiger partial charge in [0, 0.05) is 13.7 Å². The Hall–Kier alpha value is -0.120. The number of hydrogen-bond donors (Lipinski definition) is 1. The Labute approximate surface area is 93.5 Å². The van der Waals surface area contributed by atoms with Crippen molar-refractivity contribution in [2.75, 3.05) is 27.4 Å². The van der Waals surface area contributed by atoms with Gasteiger partial charge in [-0.15, -0.1) is 0 Å². The quantitative estimate of drug-likeness (QED) is 0.659. The molecule has 0 amide bonds. The maximum atomic E-state index is 5.74. The van der Waals surface area contributed by atoms with Crippen molar-refractivity contribution >= 4 is 0 Å². The average molecular weight is 215 g/mol. The van der Waals surface area contributed by atoms with Crippen LogP contribution in [0.4, 0.5) is 0 Å². The molecule has 0 bridgehead atoms. The van der Waals surface area contributed by atoms with E-state index in [1.54, 1.807) is 0 Å². The zero-order valence-electron chi connectivity index (χ0n) is 10.3. The fourth-order valence-electron chi connectivity index (χ4n) is 2.51.